The highest BCUT2D eigenvalue weighted by molar-refractivity contribution is 5.92. The number of carbonyl (C=O) groups is 2. The number of amides is 2. The number of aldehydes is 1. The summed E-state index contributed by atoms with van der Waals surface area (Å²) < 4.78 is 0. The molecule has 0 fully saturated rings. The third-order valence-corrected chi connectivity index (χ3v) is 2.31. The van der Waals surface area contributed by atoms with Gasteiger partial charge in [-0.3, -0.25) is 4.79 Å². The Morgan fingerprint density at radius 3 is 2.82 bits per heavy atom. The number of hydrogen-bond donors (Lipinski definition) is 3. The van der Waals surface area contributed by atoms with Crippen LogP contribution >= 0.6 is 0 Å². The van der Waals surface area contributed by atoms with Crippen molar-refractivity contribution in [1.29, 1.82) is 0 Å². The average molecular weight is 236 g/mol. The fourth-order valence-electron chi connectivity index (χ4n) is 1.32. The van der Waals surface area contributed by atoms with Gasteiger partial charge in [-0.2, -0.15) is 0 Å². The van der Waals surface area contributed by atoms with Gasteiger partial charge in [0.05, 0.1) is 6.10 Å². The molecule has 5 nitrogen and oxygen atoms in total. The lowest BCUT2D eigenvalue weighted by atomic mass is 10.1. The summed E-state index contributed by atoms with van der Waals surface area (Å²) in [6.45, 7) is 3.52. The minimum absolute atomic E-state index is 0.179. The molecule has 17 heavy (non-hydrogen) atoms. The fourth-order valence-corrected chi connectivity index (χ4v) is 1.32. The highest BCUT2D eigenvalue weighted by Crippen LogP contribution is 2.17. The van der Waals surface area contributed by atoms with Crippen molar-refractivity contribution in [2.75, 3.05) is 11.9 Å². The van der Waals surface area contributed by atoms with Crippen molar-refractivity contribution in [1.82, 2.24) is 5.32 Å². The maximum Gasteiger partial charge on any atom is 0.319 e. The highest BCUT2D eigenvalue weighted by Gasteiger charge is 2.07. The molecule has 0 aliphatic carbocycles. The normalized spacial score (nSPS) is 11.7. The van der Waals surface area contributed by atoms with E-state index in [1.165, 1.54) is 0 Å². The van der Waals surface area contributed by atoms with Crippen molar-refractivity contribution in [2.24, 2.45) is 0 Å². The molecule has 92 valence electrons. The van der Waals surface area contributed by atoms with Gasteiger partial charge in [0.25, 0.3) is 0 Å². The van der Waals surface area contributed by atoms with Crippen molar-refractivity contribution < 1.29 is 14.7 Å². The molecule has 1 rings (SSSR count). The summed E-state index contributed by atoms with van der Waals surface area (Å²) >= 11 is 0. The first-order chi connectivity index (χ1) is 8.04. The summed E-state index contributed by atoms with van der Waals surface area (Å²) in [5.74, 6) is 0. The van der Waals surface area contributed by atoms with Crippen LogP contribution in [0.1, 0.15) is 22.8 Å². The summed E-state index contributed by atoms with van der Waals surface area (Å²) in [7, 11) is 0. The number of hydrogen-bond acceptors (Lipinski definition) is 3. The predicted molar refractivity (Wildman–Crippen MR) is 65.3 cm³/mol. The van der Waals surface area contributed by atoms with E-state index < -0.39 is 12.1 Å². The fraction of sp³-hybridized carbons (Fsp3) is 0.333. The van der Waals surface area contributed by atoms with Crippen LogP contribution < -0.4 is 10.6 Å². The SMILES string of the molecule is Cc1c(C=O)cccc1NC(=O)NC[C@H](C)O. The molecule has 3 N–H and O–H groups in total. The molecule has 0 aliphatic heterocycles. The van der Waals surface area contributed by atoms with Crippen LogP contribution in [0, 0.1) is 6.92 Å². The van der Waals surface area contributed by atoms with E-state index >= 15 is 0 Å². The predicted octanol–water partition coefficient (Wildman–Crippen LogP) is 1.31. The Morgan fingerprint density at radius 1 is 1.53 bits per heavy atom. The third-order valence-electron chi connectivity index (χ3n) is 2.31. The van der Waals surface area contributed by atoms with Crippen molar-refractivity contribution in [3.63, 3.8) is 0 Å². The zero-order chi connectivity index (χ0) is 12.8. The van der Waals surface area contributed by atoms with Crippen LogP contribution in [0.15, 0.2) is 18.2 Å². The second-order valence-electron chi connectivity index (χ2n) is 3.82. The van der Waals surface area contributed by atoms with E-state index in [9.17, 15) is 9.59 Å². The first kappa shape index (κ1) is 13.2. The van der Waals surface area contributed by atoms with E-state index in [4.69, 9.17) is 5.11 Å². The lowest BCUT2D eigenvalue weighted by Gasteiger charge is -2.11. The Morgan fingerprint density at radius 2 is 2.24 bits per heavy atom. The van der Waals surface area contributed by atoms with E-state index in [0.29, 0.717) is 11.3 Å². The second kappa shape index (κ2) is 6.00. The van der Waals surface area contributed by atoms with Gasteiger partial charge in [-0.1, -0.05) is 12.1 Å². The maximum absolute atomic E-state index is 11.4. The Hall–Kier alpha value is -1.88. The van der Waals surface area contributed by atoms with Crippen LogP contribution in [0.25, 0.3) is 0 Å². The Kier molecular flexibility index (Phi) is 4.66. The smallest absolute Gasteiger partial charge is 0.319 e. The lowest BCUT2D eigenvalue weighted by molar-refractivity contribution is 0.112. The van der Waals surface area contributed by atoms with Gasteiger partial charge in [0, 0.05) is 17.8 Å². The van der Waals surface area contributed by atoms with Gasteiger partial charge in [0.1, 0.15) is 6.29 Å². The molecule has 1 aromatic carbocycles. The molecular formula is C12H16N2O3. The van der Waals surface area contributed by atoms with Crippen LogP contribution in [-0.4, -0.2) is 30.1 Å². The van der Waals surface area contributed by atoms with Gasteiger partial charge in [0.15, 0.2) is 0 Å². The van der Waals surface area contributed by atoms with Crippen LogP contribution in [0.4, 0.5) is 10.5 Å². The van der Waals surface area contributed by atoms with E-state index in [1.807, 2.05) is 0 Å². The zero-order valence-electron chi connectivity index (χ0n) is 9.86. The average Bonchev–Trinajstić information content (AvgIpc) is 2.29. The number of aliphatic hydroxyl groups excluding tert-OH is 1. The van der Waals surface area contributed by atoms with Crippen LogP contribution in [0.3, 0.4) is 0 Å². The third kappa shape index (κ3) is 3.88. The molecular weight excluding hydrogens is 220 g/mol. The Balaban J connectivity index is 2.68. The number of carbonyl (C=O) groups excluding carboxylic acids is 2. The standard InChI is InChI=1S/C12H16N2O3/c1-8(16)6-13-12(17)14-11-5-3-4-10(7-15)9(11)2/h3-5,7-8,16H,6H2,1-2H3,(H2,13,14,17)/t8-/m0/s1. The van der Waals surface area contributed by atoms with Gasteiger partial charge in [0.2, 0.25) is 0 Å². The van der Waals surface area contributed by atoms with E-state index in [2.05, 4.69) is 10.6 Å². The zero-order valence-corrected chi connectivity index (χ0v) is 9.86. The number of benzene rings is 1. The molecule has 0 bridgehead atoms. The van der Waals surface area contributed by atoms with E-state index in [1.54, 1.807) is 32.0 Å². The molecule has 0 aromatic heterocycles. The van der Waals surface area contributed by atoms with Crippen molar-refractivity contribution in [3.8, 4) is 0 Å². The second-order valence-corrected chi connectivity index (χ2v) is 3.82. The van der Waals surface area contributed by atoms with Crippen LogP contribution in [-0.2, 0) is 0 Å². The topological polar surface area (TPSA) is 78.4 Å². The monoisotopic (exact) mass is 236 g/mol. The molecule has 0 saturated carbocycles. The number of nitrogens with one attached hydrogen (secondary N) is 2. The van der Waals surface area contributed by atoms with Crippen LogP contribution in [0.2, 0.25) is 0 Å². The minimum Gasteiger partial charge on any atom is -0.392 e. The molecule has 0 radical (unpaired) electrons. The number of rotatable bonds is 4. The number of urea groups is 1. The first-order valence-electron chi connectivity index (χ1n) is 5.32. The van der Waals surface area contributed by atoms with Crippen molar-refractivity contribution in [3.05, 3.63) is 29.3 Å². The van der Waals surface area contributed by atoms with E-state index in [0.717, 1.165) is 11.8 Å². The highest BCUT2D eigenvalue weighted by atomic mass is 16.3. The number of aliphatic hydroxyl groups is 1. The van der Waals surface area contributed by atoms with Crippen molar-refractivity contribution >= 4 is 18.0 Å². The molecule has 1 aromatic rings. The van der Waals surface area contributed by atoms with Gasteiger partial charge in [-0.25, -0.2) is 4.79 Å². The van der Waals surface area contributed by atoms with Crippen molar-refractivity contribution in [2.45, 2.75) is 20.0 Å². The number of anilines is 1. The van der Waals surface area contributed by atoms with Gasteiger partial charge in [-0.05, 0) is 25.5 Å². The van der Waals surface area contributed by atoms with Gasteiger partial charge < -0.3 is 15.7 Å². The summed E-state index contributed by atoms with van der Waals surface area (Å²) in [6.07, 6.45) is 0.150. The Bertz CT molecular complexity index is 416. The van der Waals surface area contributed by atoms with Gasteiger partial charge >= 0.3 is 6.03 Å². The molecule has 0 saturated heterocycles. The summed E-state index contributed by atoms with van der Waals surface area (Å²) in [5.41, 5.74) is 1.84. The molecule has 0 heterocycles. The van der Waals surface area contributed by atoms with Crippen LogP contribution in [0.5, 0.6) is 0 Å². The Labute approximate surface area is 99.8 Å². The molecule has 1 atom stereocenters. The largest absolute Gasteiger partial charge is 0.392 e. The summed E-state index contributed by atoms with van der Waals surface area (Å²) in [4.78, 5) is 22.2. The minimum atomic E-state index is -0.594. The molecule has 0 unspecified atom stereocenters. The summed E-state index contributed by atoms with van der Waals surface area (Å²) in [6, 6.07) is 4.68. The van der Waals surface area contributed by atoms with E-state index in [-0.39, 0.29) is 6.54 Å². The lowest BCUT2D eigenvalue weighted by Crippen LogP contribution is -2.34. The molecule has 5 heteroatoms. The quantitative estimate of drug-likeness (QED) is 0.690. The maximum atomic E-state index is 11.4. The molecule has 0 aliphatic rings. The summed E-state index contributed by atoms with van der Waals surface area (Å²) in [5, 5.41) is 14.1. The molecule has 0 spiro atoms. The van der Waals surface area contributed by atoms with Gasteiger partial charge in [-0.15, -0.1) is 0 Å². The molecule has 2 amide bonds. The first-order valence-corrected chi connectivity index (χ1v) is 5.32.